The van der Waals surface area contributed by atoms with Gasteiger partial charge >= 0.3 is 0 Å². The molecule has 0 amide bonds. The molecule has 0 radical (unpaired) electrons. The highest BCUT2D eigenvalue weighted by molar-refractivity contribution is 6.39. The van der Waals surface area contributed by atoms with E-state index >= 15 is 0 Å². The molecule has 1 aromatic heterocycles. The third-order valence-electron chi connectivity index (χ3n) is 2.89. The Hall–Kier alpha value is -1.26. The van der Waals surface area contributed by atoms with Crippen LogP contribution in [0.4, 0.5) is 10.1 Å². The van der Waals surface area contributed by atoms with E-state index in [1.165, 1.54) is 12.1 Å². The molecule has 0 saturated heterocycles. The molecule has 0 fully saturated rings. The zero-order valence-corrected chi connectivity index (χ0v) is 12.3. The van der Waals surface area contributed by atoms with Gasteiger partial charge in [0.15, 0.2) is 0 Å². The number of halogens is 3. The first-order chi connectivity index (χ1) is 8.88. The first-order valence-corrected chi connectivity index (χ1v) is 6.55. The van der Waals surface area contributed by atoms with Gasteiger partial charge in [-0.05, 0) is 26.0 Å². The molecule has 19 heavy (non-hydrogen) atoms. The maximum Gasteiger partial charge on any atom is 0.126 e. The topological polar surface area (TPSA) is 29.9 Å². The lowest BCUT2D eigenvalue weighted by atomic mass is 10.1. The van der Waals surface area contributed by atoms with Crippen molar-refractivity contribution < 1.29 is 4.39 Å². The van der Waals surface area contributed by atoms with E-state index in [1.807, 2.05) is 27.1 Å². The van der Waals surface area contributed by atoms with Crippen molar-refractivity contribution in [2.24, 2.45) is 7.05 Å². The largest absolute Gasteiger partial charge is 0.376 e. The lowest BCUT2D eigenvalue weighted by Crippen LogP contribution is -2.08. The van der Waals surface area contributed by atoms with Crippen molar-refractivity contribution in [3.8, 4) is 0 Å². The van der Waals surface area contributed by atoms with Crippen LogP contribution in [0.25, 0.3) is 0 Å². The van der Waals surface area contributed by atoms with Gasteiger partial charge in [-0.2, -0.15) is 5.10 Å². The van der Waals surface area contributed by atoms with Gasteiger partial charge in [-0.25, -0.2) is 4.39 Å². The molecule has 3 nitrogen and oxygen atoms in total. The van der Waals surface area contributed by atoms with E-state index < -0.39 is 5.82 Å². The van der Waals surface area contributed by atoms with Crippen LogP contribution < -0.4 is 5.32 Å². The second kappa shape index (κ2) is 5.39. The summed E-state index contributed by atoms with van der Waals surface area (Å²) >= 11 is 12.0. The van der Waals surface area contributed by atoms with Gasteiger partial charge in [-0.1, -0.05) is 23.2 Å². The summed E-state index contributed by atoms with van der Waals surface area (Å²) in [4.78, 5) is 0. The highest BCUT2D eigenvalue weighted by Crippen LogP contribution is 2.34. The van der Waals surface area contributed by atoms with Crippen molar-refractivity contribution in [3.05, 3.63) is 45.4 Å². The van der Waals surface area contributed by atoms with Crippen molar-refractivity contribution >= 4 is 28.9 Å². The van der Waals surface area contributed by atoms with Crippen molar-refractivity contribution in [1.29, 1.82) is 0 Å². The summed E-state index contributed by atoms with van der Waals surface area (Å²) < 4.78 is 14.9. The van der Waals surface area contributed by atoms with Crippen molar-refractivity contribution in [2.45, 2.75) is 19.9 Å². The molecule has 0 bridgehead atoms. The third kappa shape index (κ3) is 3.01. The second-order valence-electron chi connectivity index (χ2n) is 4.45. The first-order valence-electron chi connectivity index (χ1n) is 5.79. The Morgan fingerprint density at radius 3 is 2.37 bits per heavy atom. The Balaban J connectivity index is 2.29. The minimum atomic E-state index is -0.453. The van der Waals surface area contributed by atoms with Crippen molar-refractivity contribution in [3.63, 3.8) is 0 Å². The second-order valence-corrected chi connectivity index (χ2v) is 5.27. The number of nitrogens with one attached hydrogen (secondary N) is 1. The number of rotatable bonds is 3. The highest BCUT2D eigenvalue weighted by Gasteiger charge is 2.15. The summed E-state index contributed by atoms with van der Waals surface area (Å²) in [6.45, 7) is 3.90. The minimum Gasteiger partial charge on any atom is -0.376 e. The number of hydrogen-bond acceptors (Lipinski definition) is 2. The summed E-state index contributed by atoms with van der Waals surface area (Å²) in [5.41, 5.74) is 2.50. The van der Waals surface area contributed by atoms with Gasteiger partial charge in [-0.15, -0.1) is 0 Å². The SMILES string of the molecule is Cc1nn(C)cc1C(C)Nc1c(Cl)cc(F)cc1Cl. The van der Waals surface area contributed by atoms with Gasteiger partial charge in [0.05, 0.1) is 27.5 Å². The third-order valence-corrected chi connectivity index (χ3v) is 3.48. The summed E-state index contributed by atoms with van der Waals surface area (Å²) in [5, 5.41) is 8.00. The predicted molar refractivity (Wildman–Crippen MR) is 76.4 cm³/mol. The van der Waals surface area contributed by atoms with Crippen LogP contribution in [-0.4, -0.2) is 9.78 Å². The van der Waals surface area contributed by atoms with Gasteiger partial charge < -0.3 is 5.32 Å². The molecular weight excluding hydrogens is 288 g/mol. The quantitative estimate of drug-likeness (QED) is 0.913. The molecule has 102 valence electrons. The number of nitrogens with zero attached hydrogens (tertiary/aromatic N) is 2. The molecule has 1 aromatic carbocycles. The van der Waals surface area contributed by atoms with Gasteiger partial charge in [0.1, 0.15) is 5.82 Å². The van der Waals surface area contributed by atoms with E-state index in [-0.39, 0.29) is 16.1 Å². The molecule has 6 heteroatoms. The Morgan fingerprint density at radius 1 is 1.32 bits per heavy atom. The molecule has 0 saturated carbocycles. The zero-order chi connectivity index (χ0) is 14.2. The average molecular weight is 302 g/mol. The molecule has 1 unspecified atom stereocenters. The molecule has 2 aromatic rings. The standard InChI is InChI=1S/C13H14Cl2FN3/c1-7(10-6-19(3)18-8(10)2)17-13-11(14)4-9(16)5-12(13)15/h4-7,17H,1-3H3. The number of hydrogen-bond donors (Lipinski definition) is 1. The molecular formula is C13H14Cl2FN3. The average Bonchev–Trinajstić information content (AvgIpc) is 2.62. The number of aryl methyl sites for hydroxylation is 2. The van der Waals surface area contributed by atoms with Crippen LogP contribution in [0.15, 0.2) is 18.3 Å². The summed E-state index contributed by atoms with van der Waals surface area (Å²) in [7, 11) is 1.86. The Bertz CT molecular complexity index is 587. The molecule has 0 spiro atoms. The van der Waals surface area contributed by atoms with Gasteiger partial charge in [0.25, 0.3) is 0 Å². The molecule has 2 rings (SSSR count). The Morgan fingerprint density at radius 2 is 1.89 bits per heavy atom. The molecule has 0 aliphatic carbocycles. The monoisotopic (exact) mass is 301 g/mol. The van der Waals surface area contributed by atoms with E-state index in [0.717, 1.165) is 11.3 Å². The van der Waals surface area contributed by atoms with Gasteiger partial charge in [0, 0.05) is 18.8 Å². The number of benzene rings is 1. The molecule has 0 aliphatic rings. The van der Waals surface area contributed by atoms with Crippen LogP contribution in [0.5, 0.6) is 0 Å². The summed E-state index contributed by atoms with van der Waals surface area (Å²) in [6.07, 6.45) is 1.93. The maximum atomic E-state index is 13.1. The van der Waals surface area contributed by atoms with Gasteiger partial charge in [0.2, 0.25) is 0 Å². The maximum absolute atomic E-state index is 13.1. The zero-order valence-electron chi connectivity index (χ0n) is 10.8. The predicted octanol–water partition coefficient (Wildman–Crippen LogP) is 4.35. The normalized spacial score (nSPS) is 12.5. The van der Waals surface area contributed by atoms with Crippen LogP contribution >= 0.6 is 23.2 Å². The fourth-order valence-corrected chi connectivity index (χ4v) is 2.59. The van der Waals surface area contributed by atoms with E-state index in [1.54, 1.807) is 4.68 Å². The fraction of sp³-hybridized carbons (Fsp3) is 0.308. The van der Waals surface area contributed by atoms with E-state index in [9.17, 15) is 4.39 Å². The summed E-state index contributed by atoms with van der Waals surface area (Å²) in [6, 6.07) is 2.44. The smallest absolute Gasteiger partial charge is 0.126 e. The van der Waals surface area contributed by atoms with Crippen molar-refractivity contribution in [2.75, 3.05) is 5.32 Å². The lowest BCUT2D eigenvalue weighted by Gasteiger charge is -2.17. The molecule has 1 heterocycles. The molecule has 1 N–H and O–H groups in total. The van der Waals surface area contributed by atoms with E-state index in [2.05, 4.69) is 10.4 Å². The Kier molecular flexibility index (Phi) is 4.02. The van der Waals surface area contributed by atoms with Crippen LogP contribution in [0.3, 0.4) is 0 Å². The number of anilines is 1. The van der Waals surface area contributed by atoms with E-state index in [4.69, 9.17) is 23.2 Å². The van der Waals surface area contributed by atoms with Crippen LogP contribution in [0, 0.1) is 12.7 Å². The lowest BCUT2D eigenvalue weighted by molar-refractivity contribution is 0.628. The first kappa shape index (κ1) is 14.2. The van der Waals surface area contributed by atoms with Gasteiger partial charge in [-0.3, -0.25) is 4.68 Å². The van der Waals surface area contributed by atoms with Crippen LogP contribution in [0.1, 0.15) is 24.2 Å². The van der Waals surface area contributed by atoms with E-state index in [0.29, 0.717) is 5.69 Å². The summed E-state index contributed by atoms with van der Waals surface area (Å²) in [5.74, 6) is -0.453. The van der Waals surface area contributed by atoms with Crippen LogP contribution in [-0.2, 0) is 7.05 Å². The number of aromatic nitrogens is 2. The van der Waals surface area contributed by atoms with Crippen molar-refractivity contribution in [1.82, 2.24) is 9.78 Å². The highest BCUT2D eigenvalue weighted by atomic mass is 35.5. The molecule has 0 aliphatic heterocycles. The minimum absolute atomic E-state index is 0.0332. The molecule has 1 atom stereocenters. The Labute approximate surface area is 121 Å². The fourth-order valence-electron chi connectivity index (χ4n) is 2.02. The van der Waals surface area contributed by atoms with Crippen LogP contribution in [0.2, 0.25) is 10.0 Å².